The van der Waals surface area contributed by atoms with E-state index in [1.807, 2.05) is 36.4 Å². The lowest BCUT2D eigenvalue weighted by molar-refractivity contribution is -0.123. The van der Waals surface area contributed by atoms with Gasteiger partial charge in [-0.2, -0.15) is 0 Å². The number of fused-ring (bicyclic) bond motifs is 1. The molecule has 3 heterocycles. The molecule has 0 radical (unpaired) electrons. The molecule has 6 nitrogen and oxygen atoms in total. The summed E-state index contributed by atoms with van der Waals surface area (Å²) in [5.41, 5.74) is 4.30. The maximum absolute atomic E-state index is 13.6. The van der Waals surface area contributed by atoms with Crippen molar-refractivity contribution in [2.24, 2.45) is 4.99 Å². The van der Waals surface area contributed by atoms with Gasteiger partial charge in [-0.1, -0.05) is 25.1 Å². The van der Waals surface area contributed by atoms with Crippen molar-refractivity contribution in [3.8, 4) is 5.75 Å². The molecule has 5 rings (SSSR count). The number of anilines is 1. The maximum Gasteiger partial charge on any atom is 0.266 e. The van der Waals surface area contributed by atoms with Crippen LogP contribution in [-0.2, 0) is 9.53 Å². The summed E-state index contributed by atoms with van der Waals surface area (Å²) in [5, 5.41) is 0.694. The first kappa shape index (κ1) is 24.9. The molecule has 3 aliphatic rings. The molecular formula is C29H35N3O3S. The predicted molar refractivity (Wildman–Crippen MR) is 148 cm³/mol. The van der Waals surface area contributed by atoms with Gasteiger partial charge in [0.15, 0.2) is 5.17 Å². The summed E-state index contributed by atoms with van der Waals surface area (Å²) >= 11 is 1.42. The third-order valence-electron chi connectivity index (χ3n) is 7.55. The van der Waals surface area contributed by atoms with Crippen LogP contribution in [0.5, 0.6) is 5.75 Å². The summed E-state index contributed by atoms with van der Waals surface area (Å²) < 4.78 is 11.7. The molecule has 3 aliphatic heterocycles. The summed E-state index contributed by atoms with van der Waals surface area (Å²) in [6.07, 6.45) is 5.08. The quantitative estimate of drug-likeness (QED) is 0.453. The number of methoxy groups -OCH3 is 1. The largest absolute Gasteiger partial charge is 0.496 e. The van der Waals surface area contributed by atoms with Gasteiger partial charge in [-0.05, 0) is 80.6 Å². The summed E-state index contributed by atoms with van der Waals surface area (Å²) in [7, 11) is 3.84. The molecule has 0 aliphatic carbocycles. The van der Waals surface area contributed by atoms with E-state index in [1.54, 1.807) is 12.0 Å². The zero-order valence-corrected chi connectivity index (χ0v) is 22.6. The van der Waals surface area contributed by atoms with Crippen LogP contribution in [0.2, 0.25) is 0 Å². The van der Waals surface area contributed by atoms with Crippen molar-refractivity contribution < 1.29 is 14.3 Å². The molecule has 0 aromatic heterocycles. The fourth-order valence-corrected chi connectivity index (χ4v) is 6.40. The number of ether oxygens (including phenoxy) is 2. The fourth-order valence-electron chi connectivity index (χ4n) is 5.40. The monoisotopic (exact) mass is 505 g/mol. The number of amidine groups is 1. The summed E-state index contributed by atoms with van der Waals surface area (Å²) in [6.45, 7) is 8.11. The lowest BCUT2D eigenvalue weighted by Crippen LogP contribution is -2.45. The fraction of sp³-hybridized carbons (Fsp3) is 0.448. The minimum Gasteiger partial charge on any atom is -0.496 e. The molecule has 2 aromatic rings. The Kier molecular flexibility index (Phi) is 6.88. The molecule has 0 saturated carbocycles. The SMILES string of the molecule is COc1cc2c(cc1/C=C1/SC(=Nc3ccccc3)N(CC3CCCO3)C1=O)C(C)CC(C)(C)N2C. The molecule has 1 amide bonds. The number of hydrogen-bond acceptors (Lipinski definition) is 6. The van der Waals surface area contributed by atoms with Gasteiger partial charge in [0.2, 0.25) is 0 Å². The second-order valence-corrected chi connectivity index (χ2v) is 11.5. The van der Waals surface area contributed by atoms with Crippen molar-refractivity contribution in [2.45, 2.75) is 57.6 Å². The second-order valence-electron chi connectivity index (χ2n) is 10.5. The molecule has 190 valence electrons. The number of carbonyl (C=O) groups excluding carboxylic acids is 1. The molecule has 2 unspecified atom stereocenters. The average molecular weight is 506 g/mol. The third-order valence-corrected chi connectivity index (χ3v) is 8.56. The predicted octanol–water partition coefficient (Wildman–Crippen LogP) is 6.20. The molecule has 2 aromatic carbocycles. The van der Waals surface area contributed by atoms with Crippen LogP contribution in [0.1, 0.15) is 57.1 Å². The Morgan fingerprint density at radius 1 is 1.25 bits per heavy atom. The first-order chi connectivity index (χ1) is 17.3. The van der Waals surface area contributed by atoms with Crippen molar-refractivity contribution in [2.75, 3.05) is 32.2 Å². The highest BCUT2D eigenvalue weighted by molar-refractivity contribution is 8.18. The highest BCUT2D eigenvalue weighted by Gasteiger charge is 2.37. The zero-order chi connectivity index (χ0) is 25.4. The molecule has 0 spiro atoms. The average Bonchev–Trinajstić information content (AvgIpc) is 3.47. The number of para-hydroxylation sites is 1. The highest BCUT2D eigenvalue weighted by Crippen LogP contribution is 2.46. The molecular weight excluding hydrogens is 470 g/mol. The van der Waals surface area contributed by atoms with Gasteiger partial charge in [-0.25, -0.2) is 4.99 Å². The van der Waals surface area contributed by atoms with E-state index < -0.39 is 0 Å². The number of rotatable bonds is 5. The van der Waals surface area contributed by atoms with E-state index in [-0.39, 0.29) is 17.6 Å². The van der Waals surface area contributed by atoms with Crippen LogP contribution in [0.3, 0.4) is 0 Å². The molecule has 2 saturated heterocycles. The zero-order valence-electron chi connectivity index (χ0n) is 21.8. The topological polar surface area (TPSA) is 54.4 Å². The second kappa shape index (κ2) is 9.94. The van der Waals surface area contributed by atoms with Gasteiger partial charge in [0, 0.05) is 36.5 Å². The van der Waals surface area contributed by atoms with Gasteiger partial charge < -0.3 is 14.4 Å². The van der Waals surface area contributed by atoms with Crippen LogP contribution < -0.4 is 9.64 Å². The molecule has 0 bridgehead atoms. The minimum atomic E-state index is -0.0312. The summed E-state index contributed by atoms with van der Waals surface area (Å²) in [6, 6.07) is 14.1. The Morgan fingerprint density at radius 2 is 2.03 bits per heavy atom. The summed E-state index contributed by atoms with van der Waals surface area (Å²) in [5.74, 6) is 1.15. The molecule has 36 heavy (non-hydrogen) atoms. The number of amides is 1. The van der Waals surface area contributed by atoms with E-state index in [0.717, 1.165) is 42.9 Å². The van der Waals surface area contributed by atoms with Crippen molar-refractivity contribution in [1.29, 1.82) is 0 Å². The van der Waals surface area contributed by atoms with Crippen LogP contribution in [-0.4, -0.2) is 54.9 Å². The van der Waals surface area contributed by atoms with Gasteiger partial charge in [0.05, 0.1) is 30.4 Å². The molecule has 7 heteroatoms. The Bertz CT molecular complexity index is 1200. The molecule has 0 N–H and O–H groups in total. The Hall–Kier alpha value is -2.77. The Morgan fingerprint density at radius 3 is 2.72 bits per heavy atom. The maximum atomic E-state index is 13.6. The van der Waals surface area contributed by atoms with Crippen molar-refractivity contribution in [3.05, 3.63) is 58.5 Å². The van der Waals surface area contributed by atoms with Gasteiger partial charge in [-0.3, -0.25) is 9.69 Å². The van der Waals surface area contributed by atoms with Crippen molar-refractivity contribution >= 4 is 40.3 Å². The van der Waals surface area contributed by atoms with Gasteiger partial charge in [0.1, 0.15) is 5.75 Å². The van der Waals surface area contributed by atoms with Crippen LogP contribution >= 0.6 is 11.8 Å². The van der Waals surface area contributed by atoms with E-state index in [1.165, 1.54) is 23.0 Å². The molecule has 2 atom stereocenters. The molecule has 2 fully saturated rings. The lowest BCUT2D eigenvalue weighted by Gasteiger charge is -2.45. The normalized spacial score (nSPS) is 25.6. The Labute approximate surface area is 218 Å². The van der Waals surface area contributed by atoms with E-state index in [2.05, 4.69) is 44.9 Å². The highest BCUT2D eigenvalue weighted by atomic mass is 32.2. The van der Waals surface area contributed by atoms with Crippen molar-refractivity contribution in [1.82, 2.24) is 4.90 Å². The van der Waals surface area contributed by atoms with Gasteiger partial charge in [0.25, 0.3) is 5.91 Å². The van der Waals surface area contributed by atoms with E-state index >= 15 is 0 Å². The third kappa shape index (κ3) is 4.78. The van der Waals surface area contributed by atoms with Crippen LogP contribution in [0.25, 0.3) is 6.08 Å². The number of carbonyl (C=O) groups is 1. The lowest BCUT2D eigenvalue weighted by atomic mass is 9.80. The van der Waals surface area contributed by atoms with Crippen LogP contribution in [0.4, 0.5) is 11.4 Å². The number of benzene rings is 2. The van der Waals surface area contributed by atoms with E-state index in [4.69, 9.17) is 14.5 Å². The Balaban J connectivity index is 1.52. The minimum absolute atomic E-state index is 0.0312. The summed E-state index contributed by atoms with van der Waals surface area (Å²) in [4.78, 5) is 23.2. The first-order valence-corrected chi connectivity index (χ1v) is 13.5. The van der Waals surface area contributed by atoms with E-state index in [9.17, 15) is 4.79 Å². The van der Waals surface area contributed by atoms with Crippen LogP contribution in [0, 0.1) is 0 Å². The van der Waals surface area contributed by atoms with Crippen LogP contribution in [0.15, 0.2) is 52.4 Å². The van der Waals surface area contributed by atoms with E-state index in [0.29, 0.717) is 22.5 Å². The first-order valence-electron chi connectivity index (χ1n) is 12.7. The number of aliphatic imine (C=N–C) groups is 1. The number of nitrogens with zero attached hydrogens (tertiary/aromatic N) is 3. The number of thioether (sulfide) groups is 1. The standard InChI is InChI=1S/C29H35N3O3S/c1-19-17-29(2,3)31(4)24-16-25(34-5)20(14-23(19)24)15-26-27(33)32(18-22-12-9-13-35-22)28(36-26)30-21-10-7-6-8-11-21/h6-8,10-11,14-16,19,22H,9,12-13,17-18H2,1-5H3/b26-15+,30-28?. The van der Waals surface area contributed by atoms with Gasteiger partial charge >= 0.3 is 0 Å². The number of hydrogen-bond donors (Lipinski definition) is 0. The smallest absolute Gasteiger partial charge is 0.266 e. The van der Waals surface area contributed by atoms with Gasteiger partial charge in [-0.15, -0.1) is 0 Å². The van der Waals surface area contributed by atoms with Crippen molar-refractivity contribution in [3.63, 3.8) is 0 Å².